The average Bonchev–Trinajstić information content (AvgIpc) is 2.35. The van der Waals surface area contributed by atoms with Crippen LogP contribution < -0.4 is 5.73 Å². The Bertz CT molecular complexity index is 373. The molecule has 1 aliphatic rings. The highest BCUT2D eigenvalue weighted by molar-refractivity contribution is 5.19. The number of nitrogens with zero attached hydrogens (tertiary/aromatic N) is 1. The molecule has 4 heteroatoms. The van der Waals surface area contributed by atoms with Crippen molar-refractivity contribution in [2.75, 3.05) is 19.6 Å². The second-order valence-corrected chi connectivity index (χ2v) is 5.02. The number of nitrogens with two attached hydrogens (primary N) is 1. The van der Waals surface area contributed by atoms with Crippen molar-refractivity contribution in [1.82, 2.24) is 4.90 Å². The minimum Gasteiger partial charge on any atom is -0.330 e. The van der Waals surface area contributed by atoms with E-state index in [4.69, 9.17) is 5.73 Å². The fraction of sp³-hybridized carbons (Fsp3) is 0.571. The Kier molecular flexibility index (Phi) is 4.66. The Labute approximate surface area is 107 Å². The van der Waals surface area contributed by atoms with Crippen LogP contribution in [-0.4, -0.2) is 24.5 Å². The van der Waals surface area contributed by atoms with Gasteiger partial charge in [-0.1, -0.05) is 6.07 Å². The van der Waals surface area contributed by atoms with Crippen LogP contribution >= 0.6 is 0 Å². The number of benzene rings is 1. The summed E-state index contributed by atoms with van der Waals surface area (Å²) in [5, 5.41) is 0. The lowest BCUT2D eigenvalue weighted by Crippen LogP contribution is -2.36. The van der Waals surface area contributed by atoms with Crippen LogP contribution in [0.25, 0.3) is 0 Å². The first kappa shape index (κ1) is 13.4. The lowest BCUT2D eigenvalue weighted by molar-refractivity contribution is 0.159. The fourth-order valence-electron chi connectivity index (χ4n) is 2.67. The SMILES string of the molecule is NCCC1CCCN(Cc2c(F)cccc2F)C1. The van der Waals surface area contributed by atoms with Crippen LogP contribution in [0.4, 0.5) is 8.78 Å². The van der Waals surface area contributed by atoms with Gasteiger partial charge >= 0.3 is 0 Å². The van der Waals surface area contributed by atoms with E-state index < -0.39 is 11.6 Å². The van der Waals surface area contributed by atoms with Gasteiger partial charge in [-0.25, -0.2) is 8.78 Å². The van der Waals surface area contributed by atoms with Gasteiger partial charge in [0.25, 0.3) is 0 Å². The molecule has 0 aliphatic carbocycles. The zero-order valence-electron chi connectivity index (χ0n) is 10.5. The molecule has 1 saturated heterocycles. The van der Waals surface area contributed by atoms with E-state index in [1.54, 1.807) is 0 Å². The van der Waals surface area contributed by atoms with Crippen molar-refractivity contribution in [3.05, 3.63) is 35.4 Å². The molecule has 0 saturated carbocycles. The number of likely N-dealkylation sites (tertiary alicyclic amines) is 1. The maximum Gasteiger partial charge on any atom is 0.130 e. The van der Waals surface area contributed by atoms with E-state index in [9.17, 15) is 8.78 Å². The van der Waals surface area contributed by atoms with Crippen LogP contribution in [-0.2, 0) is 6.54 Å². The second-order valence-electron chi connectivity index (χ2n) is 5.02. The van der Waals surface area contributed by atoms with E-state index in [0.717, 1.165) is 25.9 Å². The molecule has 0 radical (unpaired) electrons. The number of halogens is 2. The van der Waals surface area contributed by atoms with Gasteiger partial charge in [0.05, 0.1) is 0 Å². The molecule has 0 amide bonds. The van der Waals surface area contributed by atoms with Gasteiger partial charge in [-0.15, -0.1) is 0 Å². The summed E-state index contributed by atoms with van der Waals surface area (Å²) < 4.78 is 27.1. The molecule has 100 valence electrons. The normalized spacial score (nSPS) is 21.2. The molecule has 1 unspecified atom stereocenters. The molecular formula is C14H20F2N2. The Hall–Kier alpha value is -1.00. The van der Waals surface area contributed by atoms with Gasteiger partial charge in [-0.05, 0) is 50.4 Å². The molecule has 18 heavy (non-hydrogen) atoms. The van der Waals surface area contributed by atoms with Gasteiger partial charge in [0.1, 0.15) is 11.6 Å². The number of hydrogen-bond donors (Lipinski definition) is 1. The highest BCUT2D eigenvalue weighted by Gasteiger charge is 2.21. The fourth-order valence-corrected chi connectivity index (χ4v) is 2.67. The van der Waals surface area contributed by atoms with Gasteiger partial charge in [-0.3, -0.25) is 4.90 Å². The van der Waals surface area contributed by atoms with Crippen LogP contribution in [0.5, 0.6) is 0 Å². The molecule has 0 aromatic heterocycles. The van der Waals surface area contributed by atoms with E-state index in [1.165, 1.54) is 24.6 Å². The number of rotatable bonds is 4. The molecule has 2 nitrogen and oxygen atoms in total. The predicted octanol–water partition coefficient (Wildman–Crippen LogP) is 2.53. The smallest absolute Gasteiger partial charge is 0.130 e. The van der Waals surface area contributed by atoms with Crippen molar-refractivity contribution in [1.29, 1.82) is 0 Å². The molecule has 1 heterocycles. The molecule has 0 bridgehead atoms. The van der Waals surface area contributed by atoms with Gasteiger partial charge in [0.15, 0.2) is 0 Å². The summed E-state index contributed by atoms with van der Waals surface area (Å²) in [6, 6.07) is 4.04. The third-order valence-corrected chi connectivity index (χ3v) is 3.62. The number of hydrogen-bond acceptors (Lipinski definition) is 2. The molecule has 1 aliphatic heterocycles. The minimum absolute atomic E-state index is 0.186. The number of piperidine rings is 1. The molecule has 0 spiro atoms. The van der Waals surface area contributed by atoms with Crippen LogP contribution in [0.1, 0.15) is 24.8 Å². The quantitative estimate of drug-likeness (QED) is 0.894. The predicted molar refractivity (Wildman–Crippen MR) is 68.0 cm³/mol. The van der Waals surface area contributed by atoms with E-state index in [2.05, 4.69) is 4.90 Å². The first-order valence-corrected chi connectivity index (χ1v) is 6.56. The summed E-state index contributed by atoms with van der Waals surface area (Å²) in [5.74, 6) is -0.328. The zero-order valence-corrected chi connectivity index (χ0v) is 10.5. The maximum absolute atomic E-state index is 13.6. The van der Waals surface area contributed by atoms with Crippen molar-refractivity contribution in [3.8, 4) is 0 Å². The van der Waals surface area contributed by atoms with Gasteiger partial charge in [0.2, 0.25) is 0 Å². The minimum atomic E-state index is -0.448. The van der Waals surface area contributed by atoms with Crippen molar-refractivity contribution in [2.24, 2.45) is 11.7 Å². The van der Waals surface area contributed by atoms with E-state index >= 15 is 0 Å². The monoisotopic (exact) mass is 254 g/mol. The molecule has 1 aromatic rings. The third kappa shape index (κ3) is 3.27. The van der Waals surface area contributed by atoms with E-state index in [0.29, 0.717) is 19.0 Å². The third-order valence-electron chi connectivity index (χ3n) is 3.62. The highest BCUT2D eigenvalue weighted by Crippen LogP contribution is 2.22. The Morgan fingerprint density at radius 1 is 1.28 bits per heavy atom. The van der Waals surface area contributed by atoms with Crippen LogP contribution in [0.2, 0.25) is 0 Å². The summed E-state index contributed by atoms with van der Waals surface area (Å²) in [6.07, 6.45) is 3.25. The standard InChI is InChI=1S/C14H20F2N2/c15-13-4-1-5-14(16)12(13)10-18-8-2-3-11(9-18)6-7-17/h1,4-5,11H,2-3,6-10,17H2. The Balaban J connectivity index is 2.00. The van der Waals surface area contributed by atoms with Crippen molar-refractivity contribution >= 4 is 0 Å². The molecule has 1 atom stereocenters. The summed E-state index contributed by atoms with van der Waals surface area (Å²) in [4.78, 5) is 2.13. The lowest BCUT2D eigenvalue weighted by atomic mass is 9.94. The average molecular weight is 254 g/mol. The second kappa shape index (κ2) is 6.25. The molecule has 2 N–H and O–H groups in total. The van der Waals surface area contributed by atoms with Crippen molar-refractivity contribution < 1.29 is 8.78 Å². The van der Waals surface area contributed by atoms with Crippen LogP contribution in [0, 0.1) is 17.6 Å². The molecule has 2 rings (SSSR count). The largest absolute Gasteiger partial charge is 0.330 e. The first-order valence-electron chi connectivity index (χ1n) is 6.56. The van der Waals surface area contributed by atoms with E-state index in [1.807, 2.05) is 0 Å². The van der Waals surface area contributed by atoms with Crippen LogP contribution in [0.15, 0.2) is 18.2 Å². The van der Waals surface area contributed by atoms with Crippen LogP contribution in [0.3, 0.4) is 0 Å². The summed E-state index contributed by atoms with van der Waals surface area (Å²) in [6.45, 7) is 2.85. The van der Waals surface area contributed by atoms with E-state index in [-0.39, 0.29) is 5.56 Å². The first-order chi connectivity index (χ1) is 8.70. The van der Waals surface area contributed by atoms with Gasteiger partial charge in [0, 0.05) is 18.7 Å². The lowest BCUT2D eigenvalue weighted by Gasteiger charge is -2.32. The van der Waals surface area contributed by atoms with Gasteiger partial charge < -0.3 is 5.73 Å². The topological polar surface area (TPSA) is 29.3 Å². The summed E-state index contributed by atoms with van der Waals surface area (Å²) in [7, 11) is 0. The molecular weight excluding hydrogens is 234 g/mol. The Morgan fingerprint density at radius 3 is 2.67 bits per heavy atom. The summed E-state index contributed by atoms with van der Waals surface area (Å²) >= 11 is 0. The summed E-state index contributed by atoms with van der Waals surface area (Å²) in [5.41, 5.74) is 5.75. The maximum atomic E-state index is 13.6. The van der Waals surface area contributed by atoms with Gasteiger partial charge in [-0.2, -0.15) is 0 Å². The van der Waals surface area contributed by atoms with Crippen molar-refractivity contribution in [3.63, 3.8) is 0 Å². The Morgan fingerprint density at radius 2 is 2.00 bits per heavy atom. The zero-order chi connectivity index (χ0) is 13.0. The molecule has 1 fully saturated rings. The molecule has 1 aromatic carbocycles. The van der Waals surface area contributed by atoms with Crippen molar-refractivity contribution in [2.45, 2.75) is 25.8 Å². The highest BCUT2D eigenvalue weighted by atomic mass is 19.1.